The van der Waals surface area contributed by atoms with Crippen molar-refractivity contribution in [2.75, 3.05) is 0 Å². The molecule has 0 atom stereocenters. The van der Waals surface area contributed by atoms with E-state index in [2.05, 4.69) is 26.1 Å². The normalized spacial score (nSPS) is 10.5. The molecule has 0 saturated carbocycles. The first kappa shape index (κ1) is 9.61. The number of aromatic nitrogens is 2. The Bertz CT molecular complexity index is 454. The van der Waals surface area contributed by atoms with E-state index in [9.17, 15) is 4.39 Å². The highest BCUT2D eigenvalue weighted by atomic mass is 79.9. The van der Waals surface area contributed by atoms with Crippen LogP contribution in [0.4, 0.5) is 4.39 Å². The van der Waals surface area contributed by atoms with E-state index in [1.165, 1.54) is 12.1 Å². The van der Waals surface area contributed by atoms with Gasteiger partial charge in [-0.25, -0.2) is 4.39 Å². The average Bonchev–Trinajstić information content (AvgIpc) is 2.51. The maximum atomic E-state index is 13.3. The first-order valence-corrected chi connectivity index (χ1v) is 4.79. The van der Waals surface area contributed by atoms with Crippen molar-refractivity contribution in [2.45, 2.75) is 0 Å². The zero-order valence-electron chi connectivity index (χ0n) is 6.67. The Balaban J connectivity index is 2.61. The van der Waals surface area contributed by atoms with Gasteiger partial charge < -0.3 is 4.42 Å². The Morgan fingerprint density at radius 1 is 1.36 bits per heavy atom. The van der Waals surface area contributed by atoms with Crippen molar-refractivity contribution in [3.63, 3.8) is 0 Å². The van der Waals surface area contributed by atoms with Crippen molar-refractivity contribution in [2.24, 2.45) is 0 Å². The summed E-state index contributed by atoms with van der Waals surface area (Å²) in [6, 6.07) is 4.34. The van der Waals surface area contributed by atoms with E-state index in [0.717, 1.165) is 0 Å². The van der Waals surface area contributed by atoms with Gasteiger partial charge >= 0.3 is 0 Å². The van der Waals surface area contributed by atoms with Crippen LogP contribution in [-0.4, -0.2) is 10.2 Å². The Morgan fingerprint density at radius 3 is 2.71 bits per heavy atom. The minimum absolute atomic E-state index is 0.0555. The van der Waals surface area contributed by atoms with Crippen molar-refractivity contribution >= 4 is 27.5 Å². The molecule has 0 unspecified atom stereocenters. The molecule has 1 aromatic carbocycles. The van der Waals surface area contributed by atoms with Crippen LogP contribution >= 0.6 is 27.5 Å². The lowest BCUT2D eigenvalue weighted by Crippen LogP contribution is -1.85. The van der Waals surface area contributed by atoms with Crippen LogP contribution in [0, 0.1) is 5.82 Å². The molecule has 0 amide bonds. The smallest absolute Gasteiger partial charge is 0.285 e. The highest BCUT2D eigenvalue weighted by Gasteiger charge is 2.15. The van der Waals surface area contributed by atoms with Gasteiger partial charge in [-0.15, -0.1) is 10.2 Å². The van der Waals surface area contributed by atoms with Crippen LogP contribution in [0.1, 0.15) is 0 Å². The van der Waals surface area contributed by atoms with Crippen LogP contribution in [-0.2, 0) is 0 Å². The molecule has 0 aliphatic heterocycles. The average molecular weight is 277 g/mol. The van der Waals surface area contributed by atoms with Gasteiger partial charge in [0.05, 0.1) is 10.6 Å². The van der Waals surface area contributed by atoms with Crippen LogP contribution in [0.25, 0.3) is 11.5 Å². The highest BCUT2D eigenvalue weighted by Crippen LogP contribution is 2.29. The van der Waals surface area contributed by atoms with Gasteiger partial charge in [-0.2, -0.15) is 0 Å². The second-order valence-corrected chi connectivity index (χ2v) is 3.54. The third kappa shape index (κ3) is 1.65. The summed E-state index contributed by atoms with van der Waals surface area (Å²) in [5.74, 6) is -0.436. The summed E-state index contributed by atoms with van der Waals surface area (Å²) in [5.41, 5.74) is 0.118. The first-order valence-electron chi connectivity index (χ1n) is 3.62. The minimum atomic E-state index is -0.492. The predicted molar refractivity (Wildman–Crippen MR) is 52.4 cm³/mol. The highest BCUT2D eigenvalue weighted by molar-refractivity contribution is 9.10. The summed E-state index contributed by atoms with van der Waals surface area (Å²) in [6.45, 7) is 0. The Kier molecular flexibility index (Phi) is 2.52. The minimum Gasteiger partial charge on any atom is -0.411 e. The maximum absolute atomic E-state index is 13.3. The summed E-state index contributed by atoms with van der Waals surface area (Å²) >= 11 is 8.76. The fourth-order valence-corrected chi connectivity index (χ4v) is 1.48. The number of rotatable bonds is 1. The van der Waals surface area contributed by atoms with Crippen molar-refractivity contribution in [3.8, 4) is 11.5 Å². The molecule has 0 radical (unpaired) electrons. The molecule has 6 heteroatoms. The Labute approximate surface area is 92.0 Å². The SMILES string of the molecule is Fc1cccc(Cl)c1-c1nnc(Br)o1. The summed E-state index contributed by atoms with van der Waals surface area (Å²) in [4.78, 5) is 0.187. The molecule has 1 aromatic heterocycles. The van der Waals surface area contributed by atoms with Gasteiger partial charge in [0.25, 0.3) is 10.7 Å². The van der Waals surface area contributed by atoms with E-state index in [1.807, 2.05) is 0 Å². The Hall–Kier alpha value is -0.940. The van der Waals surface area contributed by atoms with E-state index in [1.54, 1.807) is 6.07 Å². The van der Waals surface area contributed by atoms with E-state index in [4.69, 9.17) is 16.0 Å². The molecule has 2 aromatic rings. The van der Waals surface area contributed by atoms with Crippen molar-refractivity contribution in [1.29, 1.82) is 0 Å². The standard InChI is InChI=1S/C8H3BrClFN2O/c9-8-13-12-7(14-8)6-4(10)2-1-3-5(6)11/h1-3H. The number of hydrogen-bond acceptors (Lipinski definition) is 3. The summed E-state index contributed by atoms with van der Waals surface area (Å²) in [6.07, 6.45) is 0. The van der Waals surface area contributed by atoms with Crippen LogP contribution in [0.5, 0.6) is 0 Å². The maximum Gasteiger partial charge on any atom is 0.285 e. The first-order chi connectivity index (χ1) is 6.68. The third-order valence-corrected chi connectivity index (χ3v) is 2.21. The molecule has 0 spiro atoms. The van der Waals surface area contributed by atoms with Crippen LogP contribution < -0.4 is 0 Å². The van der Waals surface area contributed by atoms with Crippen molar-refractivity contribution in [1.82, 2.24) is 10.2 Å². The molecule has 14 heavy (non-hydrogen) atoms. The van der Waals surface area contributed by atoms with Crippen molar-refractivity contribution in [3.05, 3.63) is 33.8 Å². The van der Waals surface area contributed by atoms with Gasteiger partial charge in [-0.3, -0.25) is 0 Å². The monoisotopic (exact) mass is 276 g/mol. The third-order valence-electron chi connectivity index (χ3n) is 1.58. The van der Waals surface area contributed by atoms with Crippen LogP contribution in [0.2, 0.25) is 5.02 Å². The number of nitrogens with zero attached hydrogens (tertiary/aromatic N) is 2. The van der Waals surface area contributed by atoms with Gasteiger partial charge in [0.1, 0.15) is 5.82 Å². The van der Waals surface area contributed by atoms with Gasteiger partial charge in [0.15, 0.2) is 0 Å². The van der Waals surface area contributed by atoms with Crippen LogP contribution in [0.15, 0.2) is 27.4 Å². The van der Waals surface area contributed by atoms with Gasteiger partial charge in [-0.05, 0) is 12.1 Å². The quantitative estimate of drug-likeness (QED) is 0.803. The molecule has 0 N–H and O–H groups in total. The molecule has 2 rings (SSSR count). The molecule has 0 aliphatic carbocycles. The molecule has 0 bridgehead atoms. The lowest BCUT2D eigenvalue weighted by Gasteiger charge is -1.98. The molecule has 0 aliphatic rings. The largest absolute Gasteiger partial charge is 0.411 e. The number of benzene rings is 1. The molecule has 0 saturated heterocycles. The van der Waals surface area contributed by atoms with Gasteiger partial charge in [-0.1, -0.05) is 17.7 Å². The summed E-state index contributed by atoms with van der Waals surface area (Å²) in [7, 11) is 0. The summed E-state index contributed by atoms with van der Waals surface area (Å²) in [5, 5.41) is 7.41. The zero-order chi connectivity index (χ0) is 10.1. The molecular formula is C8H3BrClFN2O. The topological polar surface area (TPSA) is 38.9 Å². The molecular weight excluding hydrogens is 274 g/mol. The predicted octanol–water partition coefficient (Wildman–Crippen LogP) is 3.29. The van der Waals surface area contributed by atoms with Crippen LogP contribution in [0.3, 0.4) is 0 Å². The fourth-order valence-electron chi connectivity index (χ4n) is 1.01. The van der Waals surface area contributed by atoms with E-state index in [-0.39, 0.29) is 21.3 Å². The van der Waals surface area contributed by atoms with E-state index >= 15 is 0 Å². The lowest BCUT2D eigenvalue weighted by molar-refractivity contribution is 0.533. The van der Waals surface area contributed by atoms with Gasteiger partial charge in [0, 0.05) is 15.9 Å². The van der Waals surface area contributed by atoms with Gasteiger partial charge in [0.2, 0.25) is 0 Å². The molecule has 72 valence electrons. The number of halogens is 3. The molecule has 3 nitrogen and oxygen atoms in total. The Morgan fingerprint density at radius 2 is 2.14 bits per heavy atom. The lowest BCUT2D eigenvalue weighted by atomic mass is 10.2. The van der Waals surface area contributed by atoms with E-state index < -0.39 is 5.82 Å². The second kappa shape index (κ2) is 3.67. The van der Waals surface area contributed by atoms with Crippen molar-refractivity contribution < 1.29 is 8.81 Å². The summed E-state index contributed by atoms with van der Waals surface area (Å²) < 4.78 is 18.3. The van der Waals surface area contributed by atoms with E-state index in [0.29, 0.717) is 0 Å². The fraction of sp³-hybridized carbons (Fsp3) is 0. The molecule has 0 fully saturated rings. The zero-order valence-corrected chi connectivity index (χ0v) is 9.01. The molecule has 1 heterocycles. The second-order valence-electron chi connectivity index (χ2n) is 2.46. The number of hydrogen-bond donors (Lipinski definition) is 0.